The molecule has 1 rings (SSSR count). The summed E-state index contributed by atoms with van der Waals surface area (Å²) in [4.78, 5) is 0. The molecule has 0 heterocycles. The van der Waals surface area contributed by atoms with Crippen molar-refractivity contribution in [2.24, 2.45) is 5.92 Å². The van der Waals surface area contributed by atoms with E-state index in [1.165, 1.54) is 0 Å². The highest BCUT2D eigenvalue weighted by atomic mass is 35.5. The van der Waals surface area contributed by atoms with Crippen molar-refractivity contribution in [3.8, 4) is 0 Å². The van der Waals surface area contributed by atoms with Gasteiger partial charge in [0.2, 0.25) is 0 Å². The summed E-state index contributed by atoms with van der Waals surface area (Å²) in [6.45, 7) is 0. The van der Waals surface area contributed by atoms with E-state index in [4.69, 9.17) is 21.6 Å². The fraction of sp³-hybridized carbons (Fsp3) is 1.00. The maximum Gasteiger partial charge on any atom is 0.456 e. The van der Waals surface area contributed by atoms with Gasteiger partial charge in [0, 0.05) is 11.2 Å². The van der Waals surface area contributed by atoms with Crippen LogP contribution in [0, 0.1) is 5.92 Å². The molecular weight excluding hydrogens is 219 g/mol. The molecule has 0 radical (unpaired) electrons. The van der Waals surface area contributed by atoms with E-state index in [2.05, 4.69) is 0 Å². The summed E-state index contributed by atoms with van der Waals surface area (Å²) >= 11 is 5.66. The third-order valence-corrected chi connectivity index (χ3v) is 3.17. The molecule has 1 aliphatic carbocycles. The Morgan fingerprint density at radius 2 is 1.79 bits per heavy atom. The van der Waals surface area contributed by atoms with Gasteiger partial charge >= 0.3 is 13.3 Å². The van der Waals surface area contributed by atoms with Gasteiger partial charge in [-0.3, -0.25) is 0 Å². The minimum atomic E-state index is -4.22. The highest BCUT2D eigenvalue weighted by Crippen LogP contribution is 2.44. The molecule has 3 unspecified atom stereocenters. The van der Waals surface area contributed by atoms with Gasteiger partial charge in [0.25, 0.3) is 0 Å². The van der Waals surface area contributed by atoms with Crippen LogP contribution in [-0.2, 0) is 0 Å². The first-order valence-corrected chi connectivity index (χ1v) is 4.83. The summed E-state index contributed by atoms with van der Waals surface area (Å²) in [6.07, 6.45) is -4.42. The van der Waals surface area contributed by atoms with E-state index in [1.54, 1.807) is 0 Å². The van der Waals surface area contributed by atoms with Crippen LogP contribution in [0.15, 0.2) is 0 Å². The lowest BCUT2D eigenvalue weighted by Crippen LogP contribution is -2.37. The second-order valence-electron chi connectivity index (χ2n) is 3.65. The minimum Gasteiger partial charge on any atom is -0.427 e. The van der Waals surface area contributed by atoms with E-state index >= 15 is 0 Å². The maximum atomic E-state index is 12.3. The molecule has 82 valence electrons. The topological polar surface area (TPSA) is 40.5 Å². The third kappa shape index (κ3) is 2.78. The lowest BCUT2D eigenvalue weighted by Gasteiger charge is -2.33. The van der Waals surface area contributed by atoms with E-state index in [-0.39, 0.29) is 19.3 Å². The van der Waals surface area contributed by atoms with Crippen LogP contribution >= 0.6 is 11.6 Å². The Hall–Kier alpha value is 0.0649. The van der Waals surface area contributed by atoms with Crippen LogP contribution in [0.5, 0.6) is 0 Å². The summed E-state index contributed by atoms with van der Waals surface area (Å²) in [5.41, 5.74) is 0. The molecule has 0 amide bonds. The Labute approximate surface area is 85.2 Å². The smallest absolute Gasteiger partial charge is 0.427 e. The van der Waals surface area contributed by atoms with Crippen molar-refractivity contribution >= 4 is 18.7 Å². The lowest BCUT2D eigenvalue weighted by molar-refractivity contribution is -0.181. The molecule has 2 nitrogen and oxygen atoms in total. The number of hydrogen-bond acceptors (Lipinski definition) is 2. The van der Waals surface area contributed by atoms with Crippen molar-refractivity contribution in [2.75, 3.05) is 0 Å². The zero-order valence-electron chi connectivity index (χ0n) is 7.34. The van der Waals surface area contributed by atoms with Crippen LogP contribution in [-0.4, -0.2) is 28.7 Å². The van der Waals surface area contributed by atoms with Crippen molar-refractivity contribution in [2.45, 2.75) is 36.6 Å². The van der Waals surface area contributed by atoms with E-state index in [1.807, 2.05) is 0 Å². The van der Waals surface area contributed by atoms with E-state index < -0.39 is 30.4 Å². The van der Waals surface area contributed by atoms with Gasteiger partial charge < -0.3 is 10.0 Å². The van der Waals surface area contributed by atoms with Crippen LogP contribution in [0.25, 0.3) is 0 Å². The second kappa shape index (κ2) is 4.29. The SMILES string of the molecule is OB(O)C1CCC(C(F)(F)F)CC1Cl. The molecule has 0 aromatic rings. The zero-order valence-corrected chi connectivity index (χ0v) is 8.09. The predicted octanol–water partition coefficient (Wildman–Crippen LogP) is 1.80. The molecule has 0 aliphatic heterocycles. The third-order valence-electron chi connectivity index (χ3n) is 2.67. The molecule has 0 bridgehead atoms. The molecule has 7 heteroatoms. The Morgan fingerprint density at radius 1 is 1.21 bits per heavy atom. The molecule has 2 N–H and O–H groups in total. The molecular formula is C7H11BClF3O2. The fourth-order valence-corrected chi connectivity index (χ4v) is 2.24. The van der Waals surface area contributed by atoms with Gasteiger partial charge in [0.15, 0.2) is 0 Å². The molecule has 1 fully saturated rings. The van der Waals surface area contributed by atoms with Crippen LogP contribution in [0.1, 0.15) is 19.3 Å². The summed E-state index contributed by atoms with van der Waals surface area (Å²) in [7, 11) is -1.62. The molecule has 1 saturated carbocycles. The Balaban J connectivity index is 2.55. The average molecular weight is 230 g/mol. The highest BCUT2D eigenvalue weighted by Gasteiger charge is 2.46. The molecule has 0 aromatic heterocycles. The van der Waals surface area contributed by atoms with Crippen LogP contribution in [0.3, 0.4) is 0 Å². The molecule has 3 atom stereocenters. The van der Waals surface area contributed by atoms with E-state index in [0.29, 0.717) is 0 Å². The molecule has 0 saturated heterocycles. The highest BCUT2D eigenvalue weighted by molar-refractivity contribution is 6.45. The first kappa shape index (κ1) is 12.1. The number of alkyl halides is 4. The number of hydrogen-bond donors (Lipinski definition) is 2. The molecule has 0 spiro atoms. The van der Waals surface area contributed by atoms with E-state index in [0.717, 1.165) is 0 Å². The quantitative estimate of drug-likeness (QED) is 0.533. The van der Waals surface area contributed by atoms with Crippen LogP contribution < -0.4 is 0 Å². The Bertz CT molecular complexity index is 200. The van der Waals surface area contributed by atoms with Gasteiger partial charge in [-0.05, 0) is 12.8 Å². The standard InChI is InChI=1S/C7H11BClF3O2/c9-6-3-4(7(10,11)12)1-2-5(6)8(13)14/h4-6,13-14H,1-3H2. The van der Waals surface area contributed by atoms with Crippen molar-refractivity contribution in [3.63, 3.8) is 0 Å². The number of halogens is 4. The predicted molar refractivity (Wildman–Crippen MR) is 47.0 cm³/mol. The lowest BCUT2D eigenvalue weighted by atomic mass is 9.63. The largest absolute Gasteiger partial charge is 0.456 e. The maximum absolute atomic E-state index is 12.3. The summed E-state index contributed by atoms with van der Waals surface area (Å²) in [6, 6.07) is 0. The molecule has 1 aliphatic rings. The van der Waals surface area contributed by atoms with E-state index in [9.17, 15) is 13.2 Å². The van der Waals surface area contributed by atoms with Crippen LogP contribution in [0.2, 0.25) is 5.82 Å². The summed E-state index contributed by atoms with van der Waals surface area (Å²) in [5.74, 6) is -2.05. The van der Waals surface area contributed by atoms with Gasteiger partial charge in [0.1, 0.15) is 0 Å². The van der Waals surface area contributed by atoms with Crippen molar-refractivity contribution in [3.05, 3.63) is 0 Å². The van der Waals surface area contributed by atoms with Crippen molar-refractivity contribution < 1.29 is 23.2 Å². The normalized spacial score (nSPS) is 34.3. The Morgan fingerprint density at radius 3 is 2.14 bits per heavy atom. The first-order chi connectivity index (χ1) is 6.32. The van der Waals surface area contributed by atoms with Gasteiger partial charge in [-0.25, -0.2) is 0 Å². The van der Waals surface area contributed by atoms with Gasteiger partial charge in [-0.2, -0.15) is 13.2 Å². The molecule has 14 heavy (non-hydrogen) atoms. The number of rotatable bonds is 1. The monoisotopic (exact) mass is 230 g/mol. The summed E-state index contributed by atoms with van der Waals surface area (Å²) in [5, 5.41) is 16.8. The van der Waals surface area contributed by atoms with Crippen molar-refractivity contribution in [1.29, 1.82) is 0 Å². The first-order valence-electron chi connectivity index (χ1n) is 4.39. The zero-order chi connectivity index (χ0) is 10.9. The Kier molecular flexibility index (Phi) is 3.72. The minimum absolute atomic E-state index is 0.0744. The van der Waals surface area contributed by atoms with Crippen LogP contribution in [0.4, 0.5) is 13.2 Å². The van der Waals surface area contributed by atoms with Crippen molar-refractivity contribution in [1.82, 2.24) is 0 Å². The average Bonchev–Trinajstić information content (AvgIpc) is 2.01. The van der Waals surface area contributed by atoms with Gasteiger partial charge in [-0.1, -0.05) is 6.42 Å². The summed E-state index contributed by atoms with van der Waals surface area (Å²) < 4.78 is 36.8. The fourth-order valence-electron chi connectivity index (χ4n) is 1.77. The molecule has 0 aromatic carbocycles. The van der Waals surface area contributed by atoms with Gasteiger partial charge in [0.05, 0.1) is 5.92 Å². The van der Waals surface area contributed by atoms with Gasteiger partial charge in [-0.15, -0.1) is 11.6 Å². The second-order valence-corrected chi connectivity index (χ2v) is 4.21.